The van der Waals surface area contributed by atoms with Gasteiger partial charge in [-0.25, -0.2) is 9.78 Å². The Bertz CT molecular complexity index is 999. The average molecular weight is 434 g/mol. The molecule has 0 radical (unpaired) electrons. The molecule has 0 unspecified atom stereocenters. The monoisotopic (exact) mass is 434 g/mol. The van der Waals surface area contributed by atoms with E-state index in [0.29, 0.717) is 18.9 Å². The number of Topliss-reactive ketones (excluding diaryl/α,β-unsaturated/α-hetero) is 1. The Morgan fingerprint density at radius 3 is 1.84 bits per heavy atom. The van der Waals surface area contributed by atoms with Gasteiger partial charge in [-0.3, -0.25) is 4.79 Å². The molecule has 32 heavy (non-hydrogen) atoms. The molecule has 3 rings (SSSR count). The lowest BCUT2D eigenvalue weighted by Gasteiger charge is -2.26. The Morgan fingerprint density at radius 1 is 0.844 bits per heavy atom. The van der Waals surface area contributed by atoms with Crippen molar-refractivity contribution >= 4 is 17.6 Å². The fraction of sp³-hybridized carbons (Fsp3) is 0.240. The number of ether oxygens (including phenoxy) is 3. The fourth-order valence-electron chi connectivity index (χ4n) is 3.24. The summed E-state index contributed by atoms with van der Waals surface area (Å²) in [6, 6.07) is 18.6. The van der Waals surface area contributed by atoms with Crippen LogP contribution in [0.5, 0.6) is 11.5 Å². The van der Waals surface area contributed by atoms with Crippen LogP contribution in [-0.2, 0) is 22.6 Å². The second-order valence-corrected chi connectivity index (χ2v) is 6.98. The van der Waals surface area contributed by atoms with Crippen LogP contribution in [0.15, 0.2) is 66.9 Å². The SMILES string of the molecule is CCOC(=O)C(=O)c1cccnc1N(Cc1ccc(OC)cc1)Cc1ccc(OC)cc1. The van der Waals surface area contributed by atoms with Crippen molar-refractivity contribution in [3.63, 3.8) is 0 Å². The highest BCUT2D eigenvalue weighted by molar-refractivity contribution is 6.41. The van der Waals surface area contributed by atoms with Crippen molar-refractivity contribution in [1.82, 2.24) is 4.98 Å². The van der Waals surface area contributed by atoms with E-state index in [4.69, 9.17) is 14.2 Å². The van der Waals surface area contributed by atoms with E-state index in [2.05, 4.69) is 4.98 Å². The summed E-state index contributed by atoms with van der Waals surface area (Å²) in [5.41, 5.74) is 2.20. The lowest BCUT2D eigenvalue weighted by Crippen LogP contribution is -2.27. The Morgan fingerprint density at radius 2 is 1.38 bits per heavy atom. The van der Waals surface area contributed by atoms with Gasteiger partial charge >= 0.3 is 5.97 Å². The molecule has 7 nitrogen and oxygen atoms in total. The largest absolute Gasteiger partial charge is 0.497 e. The lowest BCUT2D eigenvalue weighted by molar-refractivity contribution is -0.137. The summed E-state index contributed by atoms with van der Waals surface area (Å²) >= 11 is 0. The van der Waals surface area contributed by atoms with Gasteiger partial charge in [0.25, 0.3) is 5.78 Å². The van der Waals surface area contributed by atoms with Gasteiger partial charge in [0.1, 0.15) is 17.3 Å². The average Bonchev–Trinajstić information content (AvgIpc) is 2.84. The van der Waals surface area contributed by atoms with Gasteiger partial charge in [-0.2, -0.15) is 0 Å². The van der Waals surface area contributed by atoms with Crippen LogP contribution in [0.25, 0.3) is 0 Å². The molecule has 1 aromatic heterocycles. The smallest absolute Gasteiger partial charge is 0.379 e. The third-order valence-electron chi connectivity index (χ3n) is 4.86. The maximum Gasteiger partial charge on any atom is 0.379 e. The maximum absolute atomic E-state index is 12.8. The summed E-state index contributed by atoms with van der Waals surface area (Å²) in [6.07, 6.45) is 1.60. The van der Waals surface area contributed by atoms with Gasteiger partial charge < -0.3 is 19.1 Å². The van der Waals surface area contributed by atoms with E-state index in [-0.39, 0.29) is 12.2 Å². The van der Waals surface area contributed by atoms with Crippen molar-refractivity contribution in [1.29, 1.82) is 0 Å². The third-order valence-corrected chi connectivity index (χ3v) is 4.86. The van der Waals surface area contributed by atoms with Crippen molar-refractivity contribution in [3.8, 4) is 11.5 Å². The first kappa shape index (κ1) is 22.8. The number of pyridine rings is 1. The zero-order valence-electron chi connectivity index (χ0n) is 18.4. The second-order valence-electron chi connectivity index (χ2n) is 6.98. The number of hydrogen-bond donors (Lipinski definition) is 0. The number of methoxy groups -OCH3 is 2. The molecule has 7 heteroatoms. The molecule has 0 aliphatic heterocycles. The summed E-state index contributed by atoms with van der Waals surface area (Å²) < 4.78 is 15.4. The molecule has 0 N–H and O–H groups in total. The standard InChI is InChI=1S/C25H26N2O5/c1-4-32-25(29)23(28)22-6-5-15-26-24(22)27(16-18-7-11-20(30-2)12-8-18)17-19-9-13-21(31-3)14-10-19/h5-15H,4,16-17H2,1-3H3. The number of rotatable bonds is 10. The van der Waals surface area contributed by atoms with Crippen LogP contribution in [0, 0.1) is 0 Å². The van der Waals surface area contributed by atoms with Gasteiger partial charge in [0, 0.05) is 19.3 Å². The second kappa shape index (κ2) is 10.9. The number of ketones is 1. The molecule has 0 aliphatic carbocycles. The zero-order chi connectivity index (χ0) is 22.9. The summed E-state index contributed by atoms with van der Waals surface area (Å²) in [4.78, 5) is 31.3. The van der Waals surface area contributed by atoms with Crippen molar-refractivity contribution in [2.24, 2.45) is 0 Å². The highest BCUT2D eigenvalue weighted by atomic mass is 16.5. The molecule has 0 saturated carbocycles. The summed E-state index contributed by atoms with van der Waals surface area (Å²) in [7, 11) is 3.23. The number of carbonyl (C=O) groups excluding carboxylic acids is 2. The first-order chi connectivity index (χ1) is 15.5. The van der Waals surface area contributed by atoms with Crippen LogP contribution in [0.1, 0.15) is 28.4 Å². The zero-order valence-corrected chi connectivity index (χ0v) is 18.4. The van der Waals surface area contributed by atoms with E-state index in [9.17, 15) is 9.59 Å². The molecule has 0 atom stereocenters. The predicted molar refractivity (Wildman–Crippen MR) is 121 cm³/mol. The highest BCUT2D eigenvalue weighted by Gasteiger charge is 2.24. The molecule has 0 amide bonds. The third kappa shape index (κ3) is 5.63. The van der Waals surface area contributed by atoms with Crippen molar-refractivity contribution in [3.05, 3.63) is 83.6 Å². The van der Waals surface area contributed by atoms with Crippen molar-refractivity contribution in [2.75, 3.05) is 25.7 Å². The van der Waals surface area contributed by atoms with E-state index >= 15 is 0 Å². The summed E-state index contributed by atoms with van der Waals surface area (Å²) in [6.45, 7) is 2.73. The minimum Gasteiger partial charge on any atom is -0.497 e. The molecular formula is C25H26N2O5. The molecule has 1 heterocycles. The van der Waals surface area contributed by atoms with E-state index < -0.39 is 11.8 Å². The van der Waals surface area contributed by atoms with Crippen LogP contribution >= 0.6 is 0 Å². The normalized spacial score (nSPS) is 10.3. The summed E-state index contributed by atoms with van der Waals surface area (Å²) in [5, 5.41) is 0. The van der Waals surface area contributed by atoms with Gasteiger partial charge in [-0.1, -0.05) is 24.3 Å². The van der Waals surface area contributed by atoms with Crippen LogP contribution in [0.2, 0.25) is 0 Å². The number of benzene rings is 2. The van der Waals surface area contributed by atoms with Crippen LogP contribution in [0.3, 0.4) is 0 Å². The number of aromatic nitrogens is 1. The van der Waals surface area contributed by atoms with E-state index in [1.165, 1.54) is 0 Å². The van der Waals surface area contributed by atoms with Gasteiger partial charge in [0.05, 0.1) is 26.4 Å². The van der Waals surface area contributed by atoms with Crippen LogP contribution in [-0.4, -0.2) is 37.6 Å². The highest BCUT2D eigenvalue weighted by Crippen LogP contribution is 2.25. The van der Waals surface area contributed by atoms with Gasteiger partial charge in [-0.15, -0.1) is 0 Å². The molecule has 166 valence electrons. The van der Waals surface area contributed by atoms with E-state index in [0.717, 1.165) is 22.6 Å². The fourth-order valence-corrected chi connectivity index (χ4v) is 3.24. The number of anilines is 1. The molecule has 0 spiro atoms. The number of nitrogens with zero attached hydrogens (tertiary/aromatic N) is 2. The predicted octanol–water partition coefficient (Wildman–Crippen LogP) is 4.05. The molecule has 0 fully saturated rings. The summed E-state index contributed by atoms with van der Waals surface area (Å²) in [5.74, 6) is 0.315. The van der Waals surface area contributed by atoms with E-state index in [1.807, 2.05) is 53.4 Å². The Labute approximate surface area is 187 Å². The molecule has 0 bridgehead atoms. The van der Waals surface area contributed by atoms with Crippen molar-refractivity contribution < 1.29 is 23.8 Å². The minimum absolute atomic E-state index is 0.127. The Kier molecular flexibility index (Phi) is 7.80. The molecular weight excluding hydrogens is 408 g/mol. The van der Waals surface area contributed by atoms with Gasteiger partial charge in [0.15, 0.2) is 0 Å². The number of hydrogen-bond acceptors (Lipinski definition) is 7. The molecule has 3 aromatic rings. The first-order valence-corrected chi connectivity index (χ1v) is 10.2. The first-order valence-electron chi connectivity index (χ1n) is 10.2. The van der Waals surface area contributed by atoms with Crippen LogP contribution in [0.4, 0.5) is 5.82 Å². The van der Waals surface area contributed by atoms with Gasteiger partial charge in [0.2, 0.25) is 0 Å². The quantitative estimate of drug-likeness (QED) is 0.271. The minimum atomic E-state index is -0.893. The molecule has 0 saturated heterocycles. The topological polar surface area (TPSA) is 78.0 Å². The molecule has 0 aliphatic rings. The lowest BCUT2D eigenvalue weighted by atomic mass is 10.1. The number of carbonyl (C=O) groups is 2. The Hall–Kier alpha value is -3.87. The van der Waals surface area contributed by atoms with Crippen LogP contribution < -0.4 is 14.4 Å². The van der Waals surface area contributed by atoms with Gasteiger partial charge in [-0.05, 0) is 54.4 Å². The Balaban J connectivity index is 1.97. The van der Waals surface area contributed by atoms with E-state index in [1.54, 1.807) is 39.5 Å². The molecule has 2 aromatic carbocycles. The maximum atomic E-state index is 12.8. The van der Waals surface area contributed by atoms with Crippen molar-refractivity contribution in [2.45, 2.75) is 20.0 Å². The number of esters is 1.